The summed E-state index contributed by atoms with van der Waals surface area (Å²) in [4.78, 5) is 26.7. The molecule has 0 aromatic heterocycles. The lowest BCUT2D eigenvalue weighted by molar-refractivity contribution is -0.137. The molecule has 0 N–H and O–H groups in total. The third-order valence-electron chi connectivity index (χ3n) is 3.43. The van der Waals surface area contributed by atoms with E-state index in [1.54, 1.807) is 19.1 Å². The van der Waals surface area contributed by atoms with Crippen LogP contribution in [-0.2, 0) is 19.9 Å². The van der Waals surface area contributed by atoms with Crippen LogP contribution in [0, 0.1) is 0 Å². The first kappa shape index (κ1) is 17.2. The first-order chi connectivity index (χ1) is 11.7. The van der Waals surface area contributed by atoms with Crippen molar-refractivity contribution in [1.82, 2.24) is 0 Å². The molecule has 2 aromatic carbocycles. The molecule has 4 nitrogen and oxygen atoms in total. The quantitative estimate of drug-likeness (QED) is 0.269. The molecule has 2 rings (SSSR count). The SMILES string of the molecule is CCOC(=O)C=C=CC(N=C=O)(c1ccccc1)c1ccccc1. The normalized spacial score (nSPS) is 10.0. The summed E-state index contributed by atoms with van der Waals surface area (Å²) >= 11 is 0. The molecule has 0 aliphatic carbocycles. The van der Waals surface area contributed by atoms with Gasteiger partial charge in [-0.3, -0.25) is 0 Å². The maximum absolute atomic E-state index is 11.5. The van der Waals surface area contributed by atoms with E-state index < -0.39 is 11.5 Å². The predicted octanol–water partition coefficient (Wildman–Crippen LogP) is 3.54. The third kappa shape index (κ3) is 3.96. The third-order valence-corrected chi connectivity index (χ3v) is 3.43. The van der Waals surface area contributed by atoms with Crippen LogP contribution in [0.3, 0.4) is 0 Å². The lowest BCUT2D eigenvalue weighted by atomic mass is 9.83. The number of hydrogen-bond donors (Lipinski definition) is 0. The monoisotopic (exact) mass is 319 g/mol. The van der Waals surface area contributed by atoms with Crippen LogP contribution in [0.5, 0.6) is 0 Å². The fraction of sp³-hybridized carbons (Fsp3) is 0.150. The van der Waals surface area contributed by atoms with Gasteiger partial charge >= 0.3 is 5.97 Å². The largest absolute Gasteiger partial charge is 0.462 e. The van der Waals surface area contributed by atoms with Crippen molar-refractivity contribution in [1.29, 1.82) is 0 Å². The van der Waals surface area contributed by atoms with Crippen molar-refractivity contribution in [3.63, 3.8) is 0 Å². The fourth-order valence-electron chi connectivity index (χ4n) is 2.37. The molecular weight excluding hydrogens is 302 g/mol. The van der Waals surface area contributed by atoms with Crippen molar-refractivity contribution in [2.45, 2.75) is 12.5 Å². The van der Waals surface area contributed by atoms with E-state index in [4.69, 9.17) is 4.74 Å². The van der Waals surface area contributed by atoms with Crippen LogP contribution in [0.25, 0.3) is 0 Å². The molecule has 0 unspecified atom stereocenters. The number of aliphatic imine (C=N–C) groups is 1. The Morgan fingerprint density at radius 2 is 1.62 bits per heavy atom. The molecule has 0 radical (unpaired) electrons. The number of nitrogens with zero attached hydrogens (tertiary/aromatic N) is 1. The molecule has 0 bridgehead atoms. The molecule has 4 heteroatoms. The van der Waals surface area contributed by atoms with Gasteiger partial charge in [-0.2, -0.15) is 4.99 Å². The molecule has 0 atom stereocenters. The first-order valence-electron chi connectivity index (χ1n) is 7.53. The molecule has 0 aliphatic rings. The van der Waals surface area contributed by atoms with E-state index in [0.717, 1.165) is 11.1 Å². The summed E-state index contributed by atoms with van der Waals surface area (Å²) in [7, 11) is 0. The lowest BCUT2D eigenvalue weighted by Gasteiger charge is -2.25. The summed E-state index contributed by atoms with van der Waals surface area (Å²) in [6.45, 7) is 2.01. The van der Waals surface area contributed by atoms with Gasteiger partial charge in [0.1, 0.15) is 5.54 Å². The number of carbonyl (C=O) groups excluding carboxylic acids is 2. The topological polar surface area (TPSA) is 55.7 Å². The average Bonchev–Trinajstić information content (AvgIpc) is 2.63. The van der Waals surface area contributed by atoms with Crippen molar-refractivity contribution in [2.75, 3.05) is 6.61 Å². The zero-order chi connectivity index (χ0) is 17.3. The van der Waals surface area contributed by atoms with Crippen LogP contribution in [0.4, 0.5) is 0 Å². The Bertz CT molecular complexity index is 745. The summed E-state index contributed by atoms with van der Waals surface area (Å²) in [5.41, 5.74) is 3.23. The van der Waals surface area contributed by atoms with E-state index in [-0.39, 0.29) is 6.61 Å². The summed E-state index contributed by atoms with van der Waals surface area (Å²) in [6.07, 6.45) is 4.40. The molecule has 24 heavy (non-hydrogen) atoms. The Morgan fingerprint density at radius 3 is 2.08 bits per heavy atom. The molecule has 0 saturated heterocycles. The first-order valence-corrected chi connectivity index (χ1v) is 7.53. The lowest BCUT2D eigenvalue weighted by Crippen LogP contribution is -2.22. The van der Waals surface area contributed by atoms with E-state index in [1.165, 1.54) is 6.08 Å². The summed E-state index contributed by atoms with van der Waals surface area (Å²) in [5, 5.41) is 0. The molecule has 0 amide bonds. The highest BCUT2D eigenvalue weighted by atomic mass is 16.5. The van der Waals surface area contributed by atoms with Gasteiger partial charge in [0.25, 0.3) is 0 Å². The van der Waals surface area contributed by atoms with E-state index in [9.17, 15) is 9.59 Å². The number of rotatable bonds is 6. The Balaban J connectivity index is 2.62. The molecule has 0 spiro atoms. The molecule has 0 heterocycles. The van der Waals surface area contributed by atoms with Gasteiger partial charge in [0.15, 0.2) is 0 Å². The maximum atomic E-state index is 11.5. The minimum atomic E-state index is -1.10. The van der Waals surface area contributed by atoms with E-state index in [1.807, 2.05) is 60.7 Å². The number of hydrogen-bond acceptors (Lipinski definition) is 4. The second-order valence-corrected chi connectivity index (χ2v) is 4.91. The second-order valence-electron chi connectivity index (χ2n) is 4.91. The van der Waals surface area contributed by atoms with Crippen molar-refractivity contribution in [3.8, 4) is 0 Å². The smallest absolute Gasteiger partial charge is 0.338 e. The Hall–Kier alpha value is -3.19. The number of carbonyl (C=O) groups is 1. The van der Waals surface area contributed by atoms with Gasteiger partial charge in [-0.15, -0.1) is 5.73 Å². The van der Waals surface area contributed by atoms with Gasteiger partial charge in [0, 0.05) is 0 Å². The van der Waals surface area contributed by atoms with Crippen LogP contribution in [0.1, 0.15) is 18.1 Å². The molecule has 120 valence electrons. The minimum Gasteiger partial charge on any atom is -0.462 e. The minimum absolute atomic E-state index is 0.284. The Kier molecular flexibility index (Phi) is 6.04. The van der Waals surface area contributed by atoms with Crippen molar-refractivity contribution >= 4 is 12.0 Å². The van der Waals surface area contributed by atoms with Crippen molar-refractivity contribution < 1.29 is 14.3 Å². The highest BCUT2D eigenvalue weighted by Gasteiger charge is 2.31. The van der Waals surface area contributed by atoms with E-state index >= 15 is 0 Å². The van der Waals surface area contributed by atoms with Gasteiger partial charge in [-0.1, -0.05) is 60.7 Å². The molecule has 2 aromatic rings. The van der Waals surface area contributed by atoms with Gasteiger partial charge in [0.05, 0.1) is 12.7 Å². The predicted molar refractivity (Wildman–Crippen MR) is 91.1 cm³/mol. The van der Waals surface area contributed by atoms with Crippen molar-refractivity contribution in [2.24, 2.45) is 4.99 Å². The second kappa shape index (κ2) is 8.44. The zero-order valence-corrected chi connectivity index (χ0v) is 13.3. The van der Waals surface area contributed by atoms with Crippen LogP contribution in [0.2, 0.25) is 0 Å². The summed E-state index contributed by atoms with van der Waals surface area (Å²) < 4.78 is 4.84. The molecule has 0 fully saturated rings. The van der Waals surface area contributed by atoms with Crippen LogP contribution >= 0.6 is 0 Å². The van der Waals surface area contributed by atoms with Gasteiger partial charge in [-0.25, -0.2) is 9.59 Å². The van der Waals surface area contributed by atoms with Gasteiger partial charge < -0.3 is 4.74 Å². The molecular formula is C20H17NO3. The maximum Gasteiger partial charge on any atom is 0.338 e. The number of benzene rings is 2. The van der Waals surface area contributed by atoms with Crippen LogP contribution in [-0.4, -0.2) is 18.7 Å². The van der Waals surface area contributed by atoms with Crippen LogP contribution in [0.15, 0.2) is 83.5 Å². The zero-order valence-electron chi connectivity index (χ0n) is 13.3. The standard InChI is InChI=1S/C20H17NO3/c1-2-24-19(23)14-9-15-20(21-16-22,17-10-5-3-6-11-17)18-12-7-4-8-13-18/h3-8,10-15H,2H2,1H3. The highest BCUT2D eigenvalue weighted by molar-refractivity contribution is 5.81. The number of isocyanates is 1. The Labute approximate surface area is 140 Å². The summed E-state index contributed by atoms with van der Waals surface area (Å²) in [5.74, 6) is -0.501. The fourth-order valence-corrected chi connectivity index (χ4v) is 2.37. The van der Waals surface area contributed by atoms with Crippen molar-refractivity contribution in [3.05, 3.63) is 89.7 Å². The number of esters is 1. The van der Waals surface area contributed by atoms with Gasteiger partial charge in [0.2, 0.25) is 6.08 Å². The average molecular weight is 319 g/mol. The molecule has 0 saturated carbocycles. The van der Waals surface area contributed by atoms with E-state index in [2.05, 4.69) is 10.7 Å². The number of ether oxygens (including phenoxy) is 1. The Morgan fingerprint density at radius 1 is 1.08 bits per heavy atom. The highest BCUT2D eigenvalue weighted by Crippen LogP contribution is 2.34. The summed E-state index contributed by atoms with van der Waals surface area (Å²) in [6, 6.07) is 18.6. The van der Waals surface area contributed by atoms with E-state index in [0.29, 0.717) is 0 Å². The van der Waals surface area contributed by atoms with Crippen LogP contribution < -0.4 is 0 Å². The molecule has 0 aliphatic heterocycles. The van der Waals surface area contributed by atoms with Gasteiger partial charge in [-0.05, 0) is 24.1 Å².